The number of nitrogens with zero attached hydrogens (tertiary/aromatic N) is 3. The Morgan fingerprint density at radius 1 is 1.60 bits per heavy atom. The smallest absolute Gasteiger partial charge is 0.243 e. The minimum atomic E-state index is 0.323. The van der Waals surface area contributed by atoms with Crippen LogP contribution in [0, 0.1) is 0 Å². The lowest BCUT2D eigenvalue weighted by Gasteiger charge is -2.14. The molecule has 2 heterocycles. The maximum absolute atomic E-state index is 5.43. The highest BCUT2D eigenvalue weighted by molar-refractivity contribution is 4.96. The van der Waals surface area contributed by atoms with Crippen LogP contribution in [-0.4, -0.2) is 35.2 Å². The van der Waals surface area contributed by atoms with Gasteiger partial charge in [0.25, 0.3) is 0 Å². The molecule has 0 spiro atoms. The Morgan fingerprint density at radius 3 is 3.13 bits per heavy atom. The van der Waals surface area contributed by atoms with Crippen LogP contribution in [0.25, 0.3) is 0 Å². The highest BCUT2D eigenvalue weighted by Crippen LogP contribution is 2.28. The Balaban J connectivity index is 1.99. The number of aromatic nitrogens is 2. The summed E-state index contributed by atoms with van der Waals surface area (Å²) in [5.41, 5.74) is 5.43. The largest absolute Gasteiger partial charge is 0.338 e. The molecule has 2 rings (SSSR count). The van der Waals surface area contributed by atoms with Crippen molar-refractivity contribution in [1.29, 1.82) is 0 Å². The number of rotatable bonds is 4. The normalized spacial score (nSPS) is 22.4. The zero-order valence-electron chi connectivity index (χ0n) is 9.15. The molecule has 0 radical (unpaired) electrons. The van der Waals surface area contributed by atoms with Gasteiger partial charge in [-0.3, -0.25) is 4.90 Å². The Labute approximate surface area is 89.6 Å². The summed E-state index contributed by atoms with van der Waals surface area (Å²) in [4.78, 5) is 6.67. The summed E-state index contributed by atoms with van der Waals surface area (Å²) in [7, 11) is 2.10. The van der Waals surface area contributed by atoms with Crippen LogP contribution < -0.4 is 5.73 Å². The fourth-order valence-electron chi connectivity index (χ4n) is 1.99. The molecule has 0 bridgehead atoms. The van der Waals surface area contributed by atoms with Gasteiger partial charge in [0.15, 0.2) is 5.82 Å². The van der Waals surface area contributed by atoms with Gasteiger partial charge < -0.3 is 10.3 Å². The second kappa shape index (κ2) is 4.72. The zero-order chi connectivity index (χ0) is 10.7. The second-order valence-electron chi connectivity index (χ2n) is 4.08. The quantitative estimate of drug-likeness (QED) is 0.793. The van der Waals surface area contributed by atoms with E-state index in [9.17, 15) is 0 Å². The van der Waals surface area contributed by atoms with Gasteiger partial charge in [-0.05, 0) is 39.4 Å². The van der Waals surface area contributed by atoms with Crippen LogP contribution in [-0.2, 0) is 6.42 Å². The van der Waals surface area contributed by atoms with E-state index in [1.807, 2.05) is 0 Å². The van der Waals surface area contributed by atoms with Gasteiger partial charge in [0.1, 0.15) is 0 Å². The first kappa shape index (κ1) is 10.6. The van der Waals surface area contributed by atoms with E-state index in [1.54, 1.807) is 0 Å². The van der Waals surface area contributed by atoms with E-state index in [-0.39, 0.29) is 0 Å². The van der Waals surface area contributed by atoms with Crippen LogP contribution in [0.4, 0.5) is 0 Å². The summed E-state index contributed by atoms with van der Waals surface area (Å²) in [5.74, 6) is 1.55. The van der Waals surface area contributed by atoms with Crippen molar-refractivity contribution in [3.63, 3.8) is 0 Å². The van der Waals surface area contributed by atoms with Crippen LogP contribution >= 0.6 is 0 Å². The maximum atomic E-state index is 5.43. The molecule has 1 atom stereocenters. The molecule has 0 aliphatic carbocycles. The highest BCUT2D eigenvalue weighted by Gasteiger charge is 2.27. The molecule has 1 aromatic rings. The summed E-state index contributed by atoms with van der Waals surface area (Å²) in [6, 6.07) is 0.323. The van der Waals surface area contributed by atoms with Crippen molar-refractivity contribution < 1.29 is 4.52 Å². The Morgan fingerprint density at radius 2 is 2.47 bits per heavy atom. The van der Waals surface area contributed by atoms with Crippen LogP contribution in [0.15, 0.2) is 4.52 Å². The van der Waals surface area contributed by atoms with Crippen LogP contribution in [0.2, 0.25) is 0 Å². The predicted octanol–water partition coefficient (Wildman–Crippen LogP) is 0.728. The van der Waals surface area contributed by atoms with E-state index in [0.717, 1.165) is 37.5 Å². The topological polar surface area (TPSA) is 68.2 Å². The lowest BCUT2D eigenvalue weighted by molar-refractivity contribution is 0.244. The van der Waals surface area contributed by atoms with Crippen LogP contribution in [0.5, 0.6) is 0 Å². The molecule has 0 saturated carbocycles. The first-order valence-corrected chi connectivity index (χ1v) is 5.54. The number of likely N-dealkylation sites (tertiary alicyclic amines) is 1. The molecule has 2 N–H and O–H groups in total. The summed E-state index contributed by atoms with van der Waals surface area (Å²) < 4.78 is 5.27. The molecule has 15 heavy (non-hydrogen) atoms. The van der Waals surface area contributed by atoms with E-state index >= 15 is 0 Å². The molecule has 0 aromatic carbocycles. The standard InChI is InChI=1S/C10H18N4O/c1-14-7-3-4-8(14)10-12-9(13-15-10)5-2-6-11/h8H,2-7,11H2,1H3/t8-/m0/s1. The summed E-state index contributed by atoms with van der Waals surface area (Å²) in [6.45, 7) is 1.79. The van der Waals surface area contributed by atoms with Gasteiger partial charge in [0.2, 0.25) is 5.89 Å². The molecule has 1 saturated heterocycles. The molecule has 84 valence electrons. The third-order valence-electron chi connectivity index (χ3n) is 2.89. The SMILES string of the molecule is CN1CCC[C@H]1c1nc(CCCN)no1. The third kappa shape index (κ3) is 2.35. The average Bonchev–Trinajstić information content (AvgIpc) is 2.83. The van der Waals surface area contributed by atoms with Crippen molar-refractivity contribution in [1.82, 2.24) is 15.0 Å². The molecule has 1 aliphatic rings. The Hall–Kier alpha value is -0.940. The van der Waals surface area contributed by atoms with Gasteiger partial charge in [-0.25, -0.2) is 0 Å². The van der Waals surface area contributed by atoms with Crippen molar-refractivity contribution in [3.8, 4) is 0 Å². The van der Waals surface area contributed by atoms with E-state index < -0.39 is 0 Å². The number of nitrogens with two attached hydrogens (primary N) is 1. The molecule has 1 fully saturated rings. The maximum Gasteiger partial charge on any atom is 0.243 e. The molecule has 5 heteroatoms. The second-order valence-corrected chi connectivity index (χ2v) is 4.08. The van der Waals surface area contributed by atoms with Crippen LogP contribution in [0.1, 0.15) is 37.0 Å². The number of aryl methyl sites for hydroxylation is 1. The van der Waals surface area contributed by atoms with E-state index in [1.165, 1.54) is 6.42 Å². The minimum absolute atomic E-state index is 0.323. The molecule has 0 unspecified atom stereocenters. The van der Waals surface area contributed by atoms with Gasteiger partial charge in [0.05, 0.1) is 6.04 Å². The molecule has 1 aliphatic heterocycles. The predicted molar refractivity (Wildman–Crippen MR) is 56.3 cm³/mol. The lowest BCUT2D eigenvalue weighted by Crippen LogP contribution is -2.17. The first-order chi connectivity index (χ1) is 7.31. The number of hydrogen-bond donors (Lipinski definition) is 1. The van der Waals surface area contributed by atoms with Crippen LogP contribution in [0.3, 0.4) is 0 Å². The van der Waals surface area contributed by atoms with Crippen molar-refractivity contribution >= 4 is 0 Å². The highest BCUT2D eigenvalue weighted by atomic mass is 16.5. The molecular formula is C10H18N4O. The monoisotopic (exact) mass is 210 g/mol. The van der Waals surface area contributed by atoms with Crippen molar-refractivity contribution in [2.24, 2.45) is 5.73 Å². The summed E-state index contributed by atoms with van der Waals surface area (Å²) >= 11 is 0. The summed E-state index contributed by atoms with van der Waals surface area (Å²) in [5, 5.41) is 3.96. The van der Waals surface area contributed by atoms with Gasteiger partial charge >= 0.3 is 0 Å². The summed E-state index contributed by atoms with van der Waals surface area (Å²) in [6.07, 6.45) is 4.06. The van der Waals surface area contributed by atoms with Gasteiger partial charge in [-0.15, -0.1) is 0 Å². The molecular weight excluding hydrogens is 192 g/mol. The first-order valence-electron chi connectivity index (χ1n) is 5.54. The van der Waals surface area contributed by atoms with Crippen molar-refractivity contribution in [3.05, 3.63) is 11.7 Å². The van der Waals surface area contributed by atoms with Gasteiger partial charge in [-0.2, -0.15) is 4.98 Å². The van der Waals surface area contributed by atoms with Crippen molar-refractivity contribution in [2.75, 3.05) is 20.1 Å². The minimum Gasteiger partial charge on any atom is -0.338 e. The fraction of sp³-hybridized carbons (Fsp3) is 0.800. The Bertz CT molecular complexity index is 312. The van der Waals surface area contributed by atoms with Gasteiger partial charge in [0, 0.05) is 6.42 Å². The van der Waals surface area contributed by atoms with Gasteiger partial charge in [-0.1, -0.05) is 5.16 Å². The fourth-order valence-corrected chi connectivity index (χ4v) is 1.99. The van der Waals surface area contributed by atoms with E-state index in [2.05, 4.69) is 22.1 Å². The molecule has 1 aromatic heterocycles. The van der Waals surface area contributed by atoms with E-state index in [0.29, 0.717) is 12.6 Å². The zero-order valence-corrected chi connectivity index (χ0v) is 9.15. The Kier molecular flexibility index (Phi) is 3.33. The number of hydrogen-bond acceptors (Lipinski definition) is 5. The lowest BCUT2D eigenvalue weighted by atomic mass is 10.2. The molecule has 5 nitrogen and oxygen atoms in total. The average molecular weight is 210 g/mol. The third-order valence-corrected chi connectivity index (χ3v) is 2.89. The van der Waals surface area contributed by atoms with E-state index in [4.69, 9.17) is 10.3 Å². The van der Waals surface area contributed by atoms with Crippen molar-refractivity contribution in [2.45, 2.75) is 31.7 Å². The molecule has 0 amide bonds.